The van der Waals surface area contributed by atoms with Crippen molar-refractivity contribution in [2.75, 3.05) is 32.0 Å². The molecule has 2 saturated carbocycles. The SMILES string of the molecule is BrCCCCBr.COc1ccc(C2(C#N)CCCC2)cc1.COc1ccc(C2(C(=O)O)CCCC2)cc1.COc1ccc(CC#N)cc1. The fourth-order valence-electron chi connectivity index (χ4n) is 5.89. The van der Waals surface area contributed by atoms with Gasteiger partial charge in [-0.25, -0.2) is 0 Å². The lowest BCUT2D eigenvalue weighted by Gasteiger charge is -2.24. The van der Waals surface area contributed by atoms with Gasteiger partial charge in [0.2, 0.25) is 0 Å². The largest absolute Gasteiger partial charge is 0.497 e. The molecular formula is C39H48Br2N2O5. The fourth-order valence-corrected chi connectivity index (χ4v) is 6.68. The normalized spacial score (nSPS) is 15.0. The molecule has 0 spiro atoms. The Labute approximate surface area is 303 Å². The molecule has 5 rings (SSSR count). The number of unbranched alkanes of at least 4 members (excludes halogenated alkanes) is 1. The molecular weight excluding hydrogens is 736 g/mol. The number of ether oxygens (including phenoxy) is 3. The van der Waals surface area contributed by atoms with Gasteiger partial charge in [-0.15, -0.1) is 0 Å². The van der Waals surface area contributed by atoms with Crippen molar-refractivity contribution in [3.05, 3.63) is 89.5 Å². The van der Waals surface area contributed by atoms with Crippen molar-refractivity contribution in [2.45, 2.75) is 81.5 Å². The number of nitriles is 2. The first-order valence-electron chi connectivity index (χ1n) is 16.3. The maximum atomic E-state index is 11.4. The first-order chi connectivity index (χ1) is 23.3. The summed E-state index contributed by atoms with van der Waals surface area (Å²) in [5, 5.41) is 29.4. The van der Waals surface area contributed by atoms with Gasteiger partial charge < -0.3 is 19.3 Å². The third kappa shape index (κ3) is 12.2. The maximum Gasteiger partial charge on any atom is 0.314 e. The lowest BCUT2D eigenvalue weighted by Crippen LogP contribution is -2.32. The van der Waals surface area contributed by atoms with E-state index in [2.05, 4.69) is 44.0 Å². The molecule has 3 aromatic carbocycles. The Bertz CT molecular complexity index is 1420. The van der Waals surface area contributed by atoms with Crippen molar-refractivity contribution in [3.63, 3.8) is 0 Å². The Hall–Kier alpha value is -3.53. The molecule has 2 aliphatic rings. The Morgan fingerprint density at radius 3 is 1.44 bits per heavy atom. The number of hydrogen-bond acceptors (Lipinski definition) is 6. The molecule has 7 nitrogen and oxygen atoms in total. The van der Waals surface area contributed by atoms with Crippen LogP contribution in [0.25, 0.3) is 0 Å². The van der Waals surface area contributed by atoms with Crippen LogP contribution in [0.2, 0.25) is 0 Å². The van der Waals surface area contributed by atoms with Crippen LogP contribution < -0.4 is 14.2 Å². The minimum absolute atomic E-state index is 0.230. The molecule has 48 heavy (non-hydrogen) atoms. The number of carboxylic acid groups (broad SMARTS) is 1. The summed E-state index contributed by atoms with van der Waals surface area (Å²) in [7, 11) is 4.89. The van der Waals surface area contributed by atoms with E-state index in [-0.39, 0.29) is 5.41 Å². The predicted octanol–water partition coefficient (Wildman–Crippen LogP) is 9.94. The second-order valence-corrected chi connectivity index (χ2v) is 13.3. The van der Waals surface area contributed by atoms with Crippen LogP contribution in [0.1, 0.15) is 80.9 Å². The molecule has 0 heterocycles. The minimum atomic E-state index is -0.699. The molecule has 0 aliphatic heterocycles. The standard InChI is InChI=1S/C13H15NO.C13H16O3.C9H9NO.C4H8Br2/c1-15-12-6-4-11(5-7-12)13(10-14)8-2-3-9-13;1-16-11-6-4-10(5-7-11)13(12(14)15)8-2-3-9-13;1-11-9-4-2-8(3-5-9)6-7-10;5-3-1-2-4-6/h4-7H,2-3,8-9H2,1H3;4-7H,2-3,8-9H2,1H3,(H,14,15);2-5H,6H2,1H3;1-4H2. The number of halogens is 2. The molecule has 1 N–H and O–H groups in total. The smallest absolute Gasteiger partial charge is 0.314 e. The molecule has 0 aromatic heterocycles. The van der Waals surface area contributed by atoms with Gasteiger partial charge in [0.25, 0.3) is 0 Å². The third-order valence-corrected chi connectivity index (χ3v) is 9.90. The zero-order valence-electron chi connectivity index (χ0n) is 28.4. The van der Waals surface area contributed by atoms with Gasteiger partial charge in [-0.3, -0.25) is 4.79 Å². The van der Waals surface area contributed by atoms with Crippen molar-refractivity contribution in [1.82, 2.24) is 0 Å². The van der Waals surface area contributed by atoms with Crippen LogP contribution in [0, 0.1) is 22.7 Å². The summed E-state index contributed by atoms with van der Waals surface area (Å²) in [6.45, 7) is 0. The highest BCUT2D eigenvalue weighted by atomic mass is 79.9. The Morgan fingerprint density at radius 2 is 1.08 bits per heavy atom. The number of methoxy groups -OCH3 is 3. The van der Waals surface area contributed by atoms with Crippen LogP contribution >= 0.6 is 31.9 Å². The number of benzene rings is 3. The fraction of sp³-hybridized carbons (Fsp3) is 0.462. The summed E-state index contributed by atoms with van der Waals surface area (Å²) in [6, 6.07) is 27.4. The van der Waals surface area contributed by atoms with Crippen LogP contribution in [0.3, 0.4) is 0 Å². The van der Waals surface area contributed by atoms with Crippen molar-refractivity contribution < 1.29 is 24.1 Å². The summed E-state index contributed by atoms with van der Waals surface area (Å²) in [4.78, 5) is 11.4. The van der Waals surface area contributed by atoms with Crippen LogP contribution in [0.4, 0.5) is 0 Å². The molecule has 0 atom stereocenters. The summed E-state index contributed by atoms with van der Waals surface area (Å²) in [5.74, 6) is 1.74. The van der Waals surface area contributed by atoms with Gasteiger partial charge in [0.05, 0.1) is 50.7 Å². The minimum Gasteiger partial charge on any atom is -0.497 e. The molecule has 0 radical (unpaired) electrons. The number of hydrogen-bond donors (Lipinski definition) is 1. The molecule has 258 valence electrons. The summed E-state index contributed by atoms with van der Waals surface area (Å²) >= 11 is 6.66. The van der Waals surface area contributed by atoms with Gasteiger partial charge in [-0.05, 0) is 91.6 Å². The summed E-state index contributed by atoms with van der Waals surface area (Å²) in [6.07, 6.45) is 10.8. The molecule has 0 bridgehead atoms. The van der Waals surface area contributed by atoms with Crippen molar-refractivity contribution in [1.29, 1.82) is 10.5 Å². The monoisotopic (exact) mass is 782 g/mol. The highest BCUT2D eigenvalue weighted by Crippen LogP contribution is 2.42. The maximum absolute atomic E-state index is 11.4. The van der Waals surface area contributed by atoms with Crippen LogP contribution in [-0.4, -0.2) is 43.1 Å². The van der Waals surface area contributed by atoms with Crippen LogP contribution in [-0.2, 0) is 22.0 Å². The lowest BCUT2D eigenvalue weighted by atomic mass is 9.79. The first kappa shape index (κ1) is 40.6. The number of rotatable bonds is 10. The Morgan fingerprint density at radius 1 is 0.688 bits per heavy atom. The Kier molecular flexibility index (Phi) is 18.8. The van der Waals surface area contributed by atoms with E-state index in [4.69, 9.17) is 19.5 Å². The van der Waals surface area contributed by atoms with Crippen molar-refractivity contribution in [2.24, 2.45) is 0 Å². The second kappa shape index (κ2) is 22.2. The highest BCUT2D eigenvalue weighted by Gasteiger charge is 2.42. The Balaban J connectivity index is 0.000000234. The van der Waals surface area contributed by atoms with E-state index in [0.717, 1.165) is 83.1 Å². The van der Waals surface area contributed by atoms with E-state index in [1.807, 2.05) is 72.8 Å². The van der Waals surface area contributed by atoms with Gasteiger partial charge in [0.1, 0.15) is 17.2 Å². The predicted molar refractivity (Wildman–Crippen MR) is 199 cm³/mol. The van der Waals surface area contributed by atoms with E-state index in [0.29, 0.717) is 6.42 Å². The number of carboxylic acids is 1. The summed E-state index contributed by atoms with van der Waals surface area (Å²) in [5.41, 5.74) is 2.17. The zero-order valence-corrected chi connectivity index (χ0v) is 31.5. The highest BCUT2D eigenvalue weighted by molar-refractivity contribution is 9.09. The van der Waals surface area contributed by atoms with Gasteiger partial charge in [0.15, 0.2) is 0 Å². The van der Waals surface area contributed by atoms with E-state index >= 15 is 0 Å². The van der Waals surface area contributed by atoms with Crippen molar-refractivity contribution >= 4 is 37.8 Å². The second-order valence-electron chi connectivity index (χ2n) is 11.7. The van der Waals surface area contributed by atoms with Gasteiger partial charge in [-0.2, -0.15) is 10.5 Å². The molecule has 0 saturated heterocycles. The molecule has 0 amide bonds. The first-order valence-corrected chi connectivity index (χ1v) is 18.6. The number of alkyl halides is 2. The number of nitrogens with zero attached hydrogens (tertiary/aromatic N) is 2. The van der Waals surface area contributed by atoms with E-state index in [9.17, 15) is 15.2 Å². The van der Waals surface area contributed by atoms with Gasteiger partial charge in [-0.1, -0.05) is 93.9 Å². The van der Waals surface area contributed by atoms with Crippen LogP contribution in [0.5, 0.6) is 17.2 Å². The van der Waals surface area contributed by atoms with E-state index < -0.39 is 11.4 Å². The van der Waals surface area contributed by atoms with E-state index in [1.165, 1.54) is 25.7 Å². The zero-order chi connectivity index (χ0) is 35.3. The van der Waals surface area contributed by atoms with E-state index in [1.54, 1.807) is 21.3 Å². The van der Waals surface area contributed by atoms with Crippen LogP contribution in [0.15, 0.2) is 72.8 Å². The molecule has 3 aromatic rings. The molecule has 0 unspecified atom stereocenters. The average molecular weight is 785 g/mol. The molecule has 2 fully saturated rings. The average Bonchev–Trinajstić information content (AvgIpc) is 3.84. The number of carbonyl (C=O) groups is 1. The topological polar surface area (TPSA) is 113 Å². The molecule has 2 aliphatic carbocycles. The lowest BCUT2D eigenvalue weighted by molar-refractivity contribution is -0.143. The number of aliphatic carboxylic acids is 1. The molecule has 9 heteroatoms. The van der Waals surface area contributed by atoms with Crippen molar-refractivity contribution in [3.8, 4) is 29.4 Å². The quantitative estimate of drug-likeness (QED) is 0.161. The summed E-state index contributed by atoms with van der Waals surface area (Å²) < 4.78 is 15.2. The van der Waals surface area contributed by atoms with Gasteiger partial charge >= 0.3 is 5.97 Å². The van der Waals surface area contributed by atoms with Gasteiger partial charge in [0, 0.05) is 10.7 Å². The third-order valence-electron chi connectivity index (χ3n) is 8.78.